The topological polar surface area (TPSA) is 23.5 Å². The van der Waals surface area contributed by atoms with Crippen molar-refractivity contribution in [3.63, 3.8) is 0 Å². The van der Waals surface area contributed by atoms with E-state index < -0.39 is 0 Å². The van der Waals surface area contributed by atoms with Gasteiger partial charge in [0.15, 0.2) is 0 Å². The molecule has 1 N–H and O–H groups in total. The van der Waals surface area contributed by atoms with Crippen molar-refractivity contribution in [2.24, 2.45) is 5.41 Å². The van der Waals surface area contributed by atoms with Crippen molar-refractivity contribution in [1.29, 1.82) is 0 Å². The van der Waals surface area contributed by atoms with E-state index in [1.807, 2.05) is 0 Å². The van der Waals surface area contributed by atoms with Crippen LogP contribution in [-0.2, 0) is 6.42 Å². The molecule has 0 aliphatic heterocycles. The molecule has 0 spiro atoms. The van der Waals surface area contributed by atoms with Crippen LogP contribution in [0.4, 0.5) is 5.69 Å². The van der Waals surface area contributed by atoms with Gasteiger partial charge in [0.25, 0.3) is 0 Å². The molecule has 0 saturated heterocycles. The quantitative estimate of drug-likeness (QED) is 0.834. The van der Waals surface area contributed by atoms with Crippen molar-refractivity contribution >= 4 is 5.69 Å². The second kappa shape index (κ2) is 5.75. The fraction of sp³-hybridized carbons (Fsp3) is 0.625. The predicted molar refractivity (Wildman–Crippen MR) is 77.1 cm³/mol. The van der Waals surface area contributed by atoms with Crippen molar-refractivity contribution in [2.75, 3.05) is 25.1 Å². The number of nitrogens with zero attached hydrogens (tertiary/aromatic N) is 1. The van der Waals surface area contributed by atoms with Gasteiger partial charge < -0.3 is 10.0 Å². The summed E-state index contributed by atoms with van der Waals surface area (Å²) in [6.45, 7) is 3.50. The Kier molecular flexibility index (Phi) is 4.28. The van der Waals surface area contributed by atoms with Crippen molar-refractivity contribution in [2.45, 2.75) is 39.0 Å². The molecule has 0 aromatic heterocycles. The van der Waals surface area contributed by atoms with Crippen molar-refractivity contribution in [3.05, 3.63) is 29.8 Å². The van der Waals surface area contributed by atoms with Gasteiger partial charge in [-0.1, -0.05) is 31.9 Å². The van der Waals surface area contributed by atoms with E-state index in [0.29, 0.717) is 6.61 Å². The molecule has 1 aliphatic carbocycles. The van der Waals surface area contributed by atoms with Crippen LogP contribution in [0.3, 0.4) is 0 Å². The molecule has 0 unspecified atom stereocenters. The van der Waals surface area contributed by atoms with Crippen LogP contribution in [0.1, 0.15) is 38.2 Å². The maximum absolute atomic E-state index is 9.52. The lowest BCUT2D eigenvalue weighted by Crippen LogP contribution is -2.43. The largest absolute Gasteiger partial charge is 0.396 e. The summed E-state index contributed by atoms with van der Waals surface area (Å²) in [4.78, 5) is 2.28. The summed E-state index contributed by atoms with van der Waals surface area (Å²) in [6, 6.07) is 8.85. The summed E-state index contributed by atoms with van der Waals surface area (Å²) < 4.78 is 0. The number of aryl methyl sites for hydroxylation is 1. The molecule has 1 aliphatic rings. The summed E-state index contributed by atoms with van der Waals surface area (Å²) in [7, 11) is 2.13. The molecule has 1 aromatic rings. The Labute approximate surface area is 111 Å². The zero-order valence-electron chi connectivity index (χ0n) is 11.7. The lowest BCUT2D eigenvalue weighted by molar-refractivity contribution is 0.0524. The lowest BCUT2D eigenvalue weighted by Gasteiger charge is -2.43. The standard InChI is InChI=1S/C16H25NO/c1-3-5-14-6-8-15(9-7-14)17(2)12-16(13-18)10-4-11-16/h6-9,18H,3-5,10-13H2,1-2H3. The van der Waals surface area contributed by atoms with Crippen molar-refractivity contribution in [3.8, 4) is 0 Å². The summed E-state index contributed by atoms with van der Waals surface area (Å²) in [5, 5.41) is 9.52. The molecular weight excluding hydrogens is 222 g/mol. The van der Waals surface area contributed by atoms with Gasteiger partial charge in [0.05, 0.1) is 6.61 Å². The third-order valence-electron chi connectivity index (χ3n) is 4.24. The SMILES string of the molecule is CCCc1ccc(N(C)CC2(CO)CCC2)cc1. The number of aliphatic hydroxyl groups excluding tert-OH is 1. The van der Waals surface area contributed by atoms with Gasteiger partial charge in [-0.2, -0.15) is 0 Å². The third kappa shape index (κ3) is 2.86. The van der Waals surface area contributed by atoms with E-state index in [1.54, 1.807) is 0 Å². The molecule has 2 nitrogen and oxygen atoms in total. The van der Waals surface area contributed by atoms with Gasteiger partial charge in [-0.05, 0) is 37.0 Å². The Hall–Kier alpha value is -1.02. The van der Waals surface area contributed by atoms with Gasteiger partial charge in [0.2, 0.25) is 0 Å². The molecule has 18 heavy (non-hydrogen) atoms. The predicted octanol–water partition coefficient (Wildman–Crippen LogP) is 3.24. The first-order valence-corrected chi connectivity index (χ1v) is 7.10. The van der Waals surface area contributed by atoms with Gasteiger partial charge in [-0.25, -0.2) is 0 Å². The van der Waals surface area contributed by atoms with Crippen molar-refractivity contribution in [1.82, 2.24) is 0 Å². The van der Waals surface area contributed by atoms with Crippen LogP contribution in [0.2, 0.25) is 0 Å². The van der Waals surface area contributed by atoms with Crippen LogP contribution in [0.15, 0.2) is 24.3 Å². The third-order valence-corrected chi connectivity index (χ3v) is 4.24. The van der Waals surface area contributed by atoms with Gasteiger partial charge in [0, 0.05) is 24.7 Å². The Bertz CT molecular complexity index is 362. The minimum atomic E-state index is 0.164. The molecule has 1 saturated carbocycles. The second-order valence-corrected chi connectivity index (χ2v) is 5.78. The van der Waals surface area contributed by atoms with Crippen LogP contribution in [0.25, 0.3) is 0 Å². The molecule has 0 radical (unpaired) electrons. The number of anilines is 1. The van der Waals surface area contributed by atoms with E-state index in [0.717, 1.165) is 13.0 Å². The van der Waals surface area contributed by atoms with Gasteiger partial charge in [0.1, 0.15) is 0 Å². The average Bonchev–Trinajstić information content (AvgIpc) is 2.35. The molecule has 0 bridgehead atoms. The van der Waals surface area contributed by atoms with Crippen LogP contribution in [-0.4, -0.2) is 25.3 Å². The van der Waals surface area contributed by atoms with Crippen LogP contribution in [0, 0.1) is 5.41 Å². The summed E-state index contributed by atoms with van der Waals surface area (Å²) >= 11 is 0. The molecule has 0 amide bonds. The first-order chi connectivity index (χ1) is 8.69. The zero-order valence-corrected chi connectivity index (χ0v) is 11.7. The van der Waals surface area contributed by atoms with Gasteiger partial charge in [-0.3, -0.25) is 0 Å². The van der Waals surface area contributed by atoms with E-state index in [4.69, 9.17) is 0 Å². The van der Waals surface area contributed by atoms with E-state index in [-0.39, 0.29) is 5.41 Å². The molecule has 1 fully saturated rings. The fourth-order valence-electron chi connectivity index (χ4n) is 2.84. The normalized spacial score (nSPS) is 17.3. The Morgan fingerprint density at radius 1 is 1.22 bits per heavy atom. The fourth-order valence-corrected chi connectivity index (χ4v) is 2.84. The summed E-state index contributed by atoms with van der Waals surface area (Å²) in [5.74, 6) is 0. The highest BCUT2D eigenvalue weighted by molar-refractivity contribution is 5.47. The zero-order chi connectivity index (χ0) is 13.0. The monoisotopic (exact) mass is 247 g/mol. The molecule has 0 heterocycles. The second-order valence-electron chi connectivity index (χ2n) is 5.78. The summed E-state index contributed by atoms with van der Waals surface area (Å²) in [5.41, 5.74) is 2.83. The number of aliphatic hydroxyl groups is 1. The highest BCUT2D eigenvalue weighted by Crippen LogP contribution is 2.41. The summed E-state index contributed by atoms with van der Waals surface area (Å²) in [6.07, 6.45) is 5.96. The van der Waals surface area contributed by atoms with E-state index in [9.17, 15) is 5.11 Å². The Balaban J connectivity index is 1.97. The Morgan fingerprint density at radius 2 is 1.89 bits per heavy atom. The van der Waals surface area contributed by atoms with E-state index in [2.05, 4.69) is 43.1 Å². The van der Waals surface area contributed by atoms with Crippen LogP contribution >= 0.6 is 0 Å². The molecule has 2 heteroatoms. The maximum atomic E-state index is 9.52. The van der Waals surface area contributed by atoms with Crippen LogP contribution < -0.4 is 4.90 Å². The smallest absolute Gasteiger partial charge is 0.0504 e. The first-order valence-electron chi connectivity index (χ1n) is 7.10. The number of hydrogen-bond acceptors (Lipinski definition) is 2. The molecule has 2 rings (SSSR count). The van der Waals surface area contributed by atoms with E-state index >= 15 is 0 Å². The van der Waals surface area contributed by atoms with Crippen LogP contribution in [0.5, 0.6) is 0 Å². The molecular formula is C16H25NO. The number of hydrogen-bond donors (Lipinski definition) is 1. The molecule has 100 valence electrons. The first kappa shape index (κ1) is 13.4. The number of rotatable bonds is 6. The molecule has 0 atom stereocenters. The minimum absolute atomic E-state index is 0.164. The lowest BCUT2D eigenvalue weighted by atomic mass is 9.69. The minimum Gasteiger partial charge on any atom is -0.396 e. The maximum Gasteiger partial charge on any atom is 0.0504 e. The van der Waals surface area contributed by atoms with E-state index in [1.165, 1.54) is 36.9 Å². The Morgan fingerprint density at radius 3 is 2.33 bits per heavy atom. The average molecular weight is 247 g/mol. The van der Waals surface area contributed by atoms with Gasteiger partial charge >= 0.3 is 0 Å². The highest BCUT2D eigenvalue weighted by atomic mass is 16.3. The van der Waals surface area contributed by atoms with Crippen molar-refractivity contribution < 1.29 is 5.11 Å². The van der Waals surface area contributed by atoms with Gasteiger partial charge in [-0.15, -0.1) is 0 Å². The number of benzene rings is 1. The highest BCUT2D eigenvalue weighted by Gasteiger charge is 2.37. The molecule has 1 aromatic carbocycles.